The highest BCUT2D eigenvalue weighted by atomic mass is 16.5. The second-order valence-electron chi connectivity index (χ2n) is 6.31. The highest BCUT2D eigenvalue weighted by Gasteiger charge is 2.33. The molecule has 0 amide bonds. The molecule has 0 spiro atoms. The van der Waals surface area contributed by atoms with Gasteiger partial charge in [0.05, 0.1) is 13.2 Å². The summed E-state index contributed by atoms with van der Waals surface area (Å²) in [6.45, 7) is 11.4. The molecule has 1 aliphatic carbocycles. The van der Waals surface area contributed by atoms with Crippen LogP contribution in [0.4, 0.5) is 0 Å². The van der Waals surface area contributed by atoms with Gasteiger partial charge in [-0.2, -0.15) is 0 Å². The minimum absolute atomic E-state index is 0.141. The maximum absolute atomic E-state index is 5.54. The monoisotopic (exact) mass is 268 g/mol. The lowest BCUT2D eigenvalue weighted by Crippen LogP contribution is -2.55. The van der Waals surface area contributed by atoms with E-state index in [1.165, 1.54) is 6.42 Å². The molecule has 0 aromatic heterocycles. The second-order valence-corrected chi connectivity index (χ2v) is 6.31. The normalized spacial score (nSPS) is 31.1. The minimum Gasteiger partial charge on any atom is -0.378 e. The molecule has 2 atom stereocenters. The summed E-state index contributed by atoms with van der Waals surface area (Å²) >= 11 is 0. The third kappa shape index (κ3) is 4.08. The number of morpholine rings is 1. The zero-order valence-electron chi connectivity index (χ0n) is 12.7. The molecule has 0 bridgehead atoms. The van der Waals surface area contributed by atoms with E-state index in [0.717, 1.165) is 44.7 Å². The molecule has 2 rings (SSSR count). The standard InChI is InChI=1S/C14H28N4O/c1-11-9-12(11)17-13(15-4)16-5-6-18-7-8-19-10-14(18,2)3/h11-12H,5-10H2,1-4H3,(H2,15,16,17). The summed E-state index contributed by atoms with van der Waals surface area (Å²) in [5.41, 5.74) is 0.141. The summed E-state index contributed by atoms with van der Waals surface area (Å²) in [5, 5.41) is 6.85. The molecule has 1 saturated heterocycles. The Morgan fingerprint density at radius 1 is 1.47 bits per heavy atom. The average Bonchev–Trinajstić information content (AvgIpc) is 3.05. The fourth-order valence-electron chi connectivity index (χ4n) is 2.51. The van der Waals surface area contributed by atoms with Gasteiger partial charge >= 0.3 is 0 Å². The van der Waals surface area contributed by atoms with E-state index in [0.29, 0.717) is 6.04 Å². The van der Waals surface area contributed by atoms with E-state index in [1.807, 2.05) is 7.05 Å². The molecule has 110 valence electrons. The van der Waals surface area contributed by atoms with E-state index in [4.69, 9.17) is 4.74 Å². The van der Waals surface area contributed by atoms with Gasteiger partial charge in [0.15, 0.2) is 5.96 Å². The number of hydrogen-bond donors (Lipinski definition) is 2. The van der Waals surface area contributed by atoms with Crippen LogP contribution >= 0.6 is 0 Å². The van der Waals surface area contributed by atoms with Crippen LogP contribution in [0, 0.1) is 5.92 Å². The fraction of sp³-hybridized carbons (Fsp3) is 0.929. The van der Waals surface area contributed by atoms with Crippen molar-refractivity contribution in [1.82, 2.24) is 15.5 Å². The average molecular weight is 268 g/mol. The molecule has 1 saturated carbocycles. The summed E-state index contributed by atoms with van der Waals surface area (Å²) in [6, 6.07) is 0.617. The van der Waals surface area contributed by atoms with Gasteiger partial charge < -0.3 is 15.4 Å². The molecule has 1 heterocycles. The number of nitrogens with zero attached hydrogens (tertiary/aromatic N) is 2. The van der Waals surface area contributed by atoms with Crippen LogP contribution < -0.4 is 10.6 Å². The third-order valence-electron chi connectivity index (χ3n) is 4.15. The smallest absolute Gasteiger partial charge is 0.191 e. The van der Waals surface area contributed by atoms with Gasteiger partial charge in [0, 0.05) is 38.3 Å². The van der Waals surface area contributed by atoms with Crippen molar-refractivity contribution in [2.45, 2.75) is 38.8 Å². The predicted octanol–water partition coefficient (Wildman–Crippen LogP) is 0.671. The van der Waals surface area contributed by atoms with Crippen LogP contribution in [0.25, 0.3) is 0 Å². The predicted molar refractivity (Wildman–Crippen MR) is 78.5 cm³/mol. The van der Waals surface area contributed by atoms with E-state index >= 15 is 0 Å². The van der Waals surface area contributed by atoms with Crippen LogP contribution in [0.5, 0.6) is 0 Å². The Balaban J connectivity index is 1.69. The van der Waals surface area contributed by atoms with E-state index in [1.54, 1.807) is 0 Å². The van der Waals surface area contributed by atoms with E-state index < -0.39 is 0 Å². The van der Waals surface area contributed by atoms with E-state index in [-0.39, 0.29) is 5.54 Å². The van der Waals surface area contributed by atoms with Crippen LogP contribution in [-0.2, 0) is 4.74 Å². The Morgan fingerprint density at radius 3 is 2.79 bits per heavy atom. The molecular weight excluding hydrogens is 240 g/mol. The van der Waals surface area contributed by atoms with Crippen LogP contribution in [0.3, 0.4) is 0 Å². The Labute approximate surface area is 116 Å². The van der Waals surface area contributed by atoms with Gasteiger partial charge in [0.25, 0.3) is 0 Å². The first kappa shape index (κ1) is 14.6. The Morgan fingerprint density at radius 2 is 2.21 bits per heavy atom. The van der Waals surface area contributed by atoms with Crippen molar-refractivity contribution in [1.29, 1.82) is 0 Å². The van der Waals surface area contributed by atoms with Gasteiger partial charge in [-0.25, -0.2) is 0 Å². The molecular formula is C14H28N4O. The van der Waals surface area contributed by atoms with Gasteiger partial charge in [0.1, 0.15) is 0 Å². The molecule has 2 N–H and O–H groups in total. The first-order chi connectivity index (χ1) is 9.03. The third-order valence-corrected chi connectivity index (χ3v) is 4.15. The summed E-state index contributed by atoms with van der Waals surface area (Å²) in [4.78, 5) is 6.76. The topological polar surface area (TPSA) is 48.9 Å². The number of rotatable bonds is 4. The van der Waals surface area contributed by atoms with Crippen molar-refractivity contribution in [3.05, 3.63) is 0 Å². The Kier molecular flexibility index (Phi) is 4.68. The largest absolute Gasteiger partial charge is 0.378 e. The SMILES string of the molecule is CN=C(NCCN1CCOCC1(C)C)NC1CC1C. The van der Waals surface area contributed by atoms with Crippen molar-refractivity contribution >= 4 is 5.96 Å². The van der Waals surface area contributed by atoms with Crippen LogP contribution in [-0.4, -0.2) is 62.3 Å². The van der Waals surface area contributed by atoms with Crippen LogP contribution in [0.2, 0.25) is 0 Å². The van der Waals surface area contributed by atoms with E-state index in [2.05, 4.69) is 41.3 Å². The van der Waals surface area contributed by atoms with Crippen LogP contribution in [0.15, 0.2) is 4.99 Å². The molecule has 5 nitrogen and oxygen atoms in total. The zero-order chi connectivity index (χ0) is 13.9. The fourth-order valence-corrected chi connectivity index (χ4v) is 2.51. The molecule has 2 aliphatic rings. The van der Waals surface area contributed by atoms with Crippen molar-refractivity contribution in [2.75, 3.05) is 39.9 Å². The number of guanidine groups is 1. The van der Waals surface area contributed by atoms with Gasteiger partial charge in [-0.15, -0.1) is 0 Å². The number of aliphatic imine (C=N–C) groups is 1. The van der Waals surface area contributed by atoms with Gasteiger partial charge in [0.2, 0.25) is 0 Å². The lowest BCUT2D eigenvalue weighted by atomic mass is 10.0. The number of nitrogens with one attached hydrogen (secondary N) is 2. The lowest BCUT2D eigenvalue weighted by molar-refractivity contribution is -0.0496. The molecule has 1 aliphatic heterocycles. The first-order valence-electron chi connectivity index (χ1n) is 7.33. The summed E-state index contributed by atoms with van der Waals surface area (Å²) in [7, 11) is 1.83. The summed E-state index contributed by atoms with van der Waals surface area (Å²) in [5.74, 6) is 1.72. The van der Waals surface area contributed by atoms with Gasteiger partial charge in [-0.1, -0.05) is 6.92 Å². The van der Waals surface area contributed by atoms with Gasteiger partial charge in [-0.05, 0) is 26.2 Å². The Bertz CT molecular complexity index is 329. The Hall–Kier alpha value is -0.810. The highest BCUT2D eigenvalue weighted by Crippen LogP contribution is 2.28. The maximum atomic E-state index is 5.54. The molecule has 2 unspecified atom stereocenters. The van der Waals surface area contributed by atoms with Crippen molar-refractivity contribution < 1.29 is 4.74 Å². The van der Waals surface area contributed by atoms with E-state index in [9.17, 15) is 0 Å². The molecule has 0 aromatic carbocycles. The van der Waals surface area contributed by atoms with Crippen LogP contribution in [0.1, 0.15) is 27.2 Å². The molecule has 5 heteroatoms. The first-order valence-corrected chi connectivity index (χ1v) is 7.33. The quantitative estimate of drug-likeness (QED) is 0.581. The molecule has 19 heavy (non-hydrogen) atoms. The number of hydrogen-bond acceptors (Lipinski definition) is 3. The second kappa shape index (κ2) is 6.09. The molecule has 2 fully saturated rings. The molecule has 0 radical (unpaired) electrons. The van der Waals surface area contributed by atoms with Gasteiger partial charge in [-0.3, -0.25) is 9.89 Å². The van der Waals surface area contributed by atoms with Crippen molar-refractivity contribution in [3.8, 4) is 0 Å². The molecule has 0 aromatic rings. The van der Waals surface area contributed by atoms with Crippen molar-refractivity contribution in [2.24, 2.45) is 10.9 Å². The number of ether oxygens (including phenoxy) is 1. The summed E-state index contributed by atoms with van der Waals surface area (Å²) in [6.07, 6.45) is 1.26. The minimum atomic E-state index is 0.141. The highest BCUT2D eigenvalue weighted by molar-refractivity contribution is 5.80. The summed E-state index contributed by atoms with van der Waals surface area (Å²) < 4.78 is 5.54. The lowest BCUT2D eigenvalue weighted by Gasteiger charge is -2.42. The zero-order valence-corrected chi connectivity index (χ0v) is 12.7. The maximum Gasteiger partial charge on any atom is 0.191 e. The van der Waals surface area contributed by atoms with Crippen molar-refractivity contribution in [3.63, 3.8) is 0 Å².